The Balaban J connectivity index is 1.59. The van der Waals surface area contributed by atoms with Crippen molar-refractivity contribution in [2.75, 3.05) is 30.7 Å². The minimum Gasteiger partial charge on any atom is -0.370 e. The smallest absolute Gasteiger partial charge is 0.265 e. The zero-order chi connectivity index (χ0) is 27.8. The standard InChI is InChI=1S/C21H27N9O4S4/c1-24-20(26-10-11-35-13-15-14-36-21(27-15)28-19(22)23)29-37(31,32)16-6-5-7-17(12-16)38(33,34)30(2)18-8-3-4-9-25-18/h3-9,12,14H,10-11,13H2,1-2H3,(H2,24,26,29)(H4,22,23,27,28). The zero-order valence-corrected chi connectivity index (χ0v) is 23.7. The maximum atomic E-state index is 13.1. The summed E-state index contributed by atoms with van der Waals surface area (Å²) in [5.74, 6) is 1.42. The van der Waals surface area contributed by atoms with Crippen LogP contribution in [0.1, 0.15) is 5.69 Å². The molecule has 0 atom stereocenters. The van der Waals surface area contributed by atoms with Crippen LogP contribution < -0.4 is 25.8 Å². The van der Waals surface area contributed by atoms with Gasteiger partial charge in [0.05, 0.1) is 15.5 Å². The van der Waals surface area contributed by atoms with Gasteiger partial charge in [0.2, 0.25) is 11.1 Å². The molecule has 0 aliphatic heterocycles. The number of nitrogens with two attached hydrogens (primary N) is 2. The number of nitrogens with one attached hydrogen (secondary N) is 2. The summed E-state index contributed by atoms with van der Waals surface area (Å²) in [5, 5.41) is 5.27. The van der Waals surface area contributed by atoms with Gasteiger partial charge in [0.1, 0.15) is 5.82 Å². The average molecular weight is 598 g/mol. The van der Waals surface area contributed by atoms with Crippen LogP contribution in [0.2, 0.25) is 0 Å². The van der Waals surface area contributed by atoms with Crippen molar-refractivity contribution in [3.05, 3.63) is 59.7 Å². The highest BCUT2D eigenvalue weighted by Crippen LogP contribution is 2.23. The maximum Gasteiger partial charge on any atom is 0.265 e. The summed E-state index contributed by atoms with van der Waals surface area (Å²) in [7, 11) is -5.40. The summed E-state index contributed by atoms with van der Waals surface area (Å²) in [6.07, 6.45) is 1.47. The van der Waals surface area contributed by atoms with Gasteiger partial charge in [0.15, 0.2) is 5.96 Å². The van der Waals surface area contributed by atoms with Crippen LogP contribution in [-0.2, 0) is 25.8 Å². The van der Waals surface area contributed by atoms with Gasteiger partial charge in [-0.15, -0.1) is 11.3 Å². The normalized spacial score (nSPS) is 12.1. The fraction of sp³-hybridized carbons (Fsp3) is 0.238. The van der Waals surface area contributed by atoms with E-state index in [0.717, 1.165) is 16.1 Å². The molecule has 0 bridgehead atoms. The molecular weight excluding hydrogens is 571 g/mol. The van der Waals surface area contributed by atoms with E-state index in [0.29, 0.717) is 23.2 Å². The highest BCUT2D eigenvalue weighted by molar-refractivity contribution is 7.98. The van der Waals surface area contributed by atoms with E-state index in [9.17, 15) is 16.8 Å². The number of sulfonamides is 2. The molecule has 204 valence electrons. The SMILES string of the molecule is CN=C(NCCSCc1csc(N=C(N)N)n1)NS(=O)(=O)c1cccc(S(=O)(=O)N(C)c2ccccn2)c1. The Morgan fingerprint density at radius 2 is 1.89 bits per heavy atom. The molecule has 0 saturated heterocycles. The highest BCUT2D eigenvalue weighted by Gasteiger charge is 2.25. The van der Waals surface area contributed by atoms with E-state index >= 15 is 0 Å². The summed E-state index contributed by atoms with van der Waals surface area (Å²) in [5.41, 5.74) is 11.5. The number of rotatable bonds is 11. The first-order valence-corrected chi connectivity index (χ1v) is 15.8. The lowest BCUT2D eigenvalue weighted by Crippen LogP contribution is -2.41. The Hall–Kier alpha value is -3.41. The molecule has 0 saturated carbocycles. The minimum absolute atomic E-state index is 0.0215. The van der Waals surface area contributed by atoms with Crippen molar-refractivity contribution < 1.29 is 16.8 Å². The van der Waals surface area contributed by atoms with Gasteiger partial charge in [0, 0.05) is 43.7 Å². The third-order valence-electron chi connectivity index (χ3n) is 4.75. The number of hydrogen-bond acceptors (Lipinski definition) is 10. The maximum absolute atomic E-state index is 13.1. The number of pyridine rings is 1. The molecule has 2 heterocycles. The number of aromatic nitrogens is 2. The second-order valence-electron chi connectivity index (χ2n) is 7.45. The van der Waals surface area contributed by atoms with Crippen LogP contribution in [0.3, 0.4) is 0 Å². The van der Waals surface area contributed by atoms with E-state index in [4.69, 9.17) is 11.5 Å². The number of anilines is 1. The van der Waals surface area contributed by atoms with Gasteiger partial charge in [-0.1, -0.05) is 12.1 Å². The molecule has 1 aromatic carbocycles. The molecule has 0 aliphatic carbocycles. The Bertz CT molecular complexity index is 1500. The van der Waals surface area contributed by atoms with Gasteiger partial charge in [0.25, 0.3) is 20.0 Å². The van der Waals surface area contributed by atoms with Gasteiger partial charge in [-0.3, -0.25) is 9.30 Å². The average Bonchev–Trinajstić information content (AvgIpc) is 3.34. The summed E-state index contributed by atoms with van der Waals surface area (Å²) < 4.78 is 55.4. The highest BCUT2D eigenvalue weighted by atomic mass is 32.2. The predicted octanol–water partition coefficient (Wildman–Crippen LogP) is 1.06. The Morgan fingerprint density at radius 3 is 2.58 bits per heavy atom. The van der Waals surface area contributed by atoms with E-state index in [1.165, 1.54) is 55.9 Å². The van der Waals surface area contributed by atoms with Crippen molar-refractivity contribution in [3.63, 3.8) is 0 Å². The molecule has 0 spiro atoms. The third kappa shape index (κ3) is 7.80. The Morgan fingerprint density at radius 1 is 1.13 bits per heavy atom. The molecular formula is C21H27N9O4S4. The van der Waals surface area contributed by atoms with Crippen LogP contribution >= 0.6 is 23.1 Å². The number of aliphatic imine (C=N–C) groups is 2. The molecule has 3 rings (SSSR count). The van der Waals surface area contributed by atoms with Crippen LogP contribution in [0.4, 0.5) is 10.9 Å². The molecule has 38 heavy (non-hydrogen) atoms. The number of guanidine groups is 2. The lowest BCUT2D eigenvalue weighted by molar-refractivity contribution is 0.590. The van der Waals surface area contributed by atoms with E-state index < -0.39 is 20.0 Å². The molecule has 2 aromatic heterocycles. The first kappa shape index (κ1) is 29.2. The third-order valence-corrected chi connectivity index (χ3v) is 9.62. The number of thioether (sulfide) groups is 1. The van der Waals surface area contributed by atoms with Gasteiger partial charge in [-0.2, -0.15) is 16.8 Å². The summed E-state index contributed by atoms with van der Waals surface area (Å²) in [4.78, 5) is 15.8. The second kappa shape index (κ2) is 12.9. The van der Waals surface area contributed by atoms with Crippen molar-refractivity contribution >= 4 is 66.0 Å². The van der Waals surface area contributed by atoms with Crippen molar-refractivity contribution in [2.24, 2.45) is 21.5 Å². The fourth-order valence-corrected chi connectivity index (χ4v) is 6.82. The Labute approximate surface area is 229 Å². The zero-order valence-electron chi connectivity index (χ0n) is 20.5. The molecule has 0 radical (unpaired) electrons. The molecule has 0 aliphatic rings. The fourth-order valence-electron chi connectivity index (χ4n) is 2.91. The van der Waals surface area contributed by atoms with Gasteiger partial charge in [-0.25, -0.2) is 31.5 Å². The van der Waals surface area contributed by atoms with Gasteiger partial charge >= 0.3 is 0 Å². The number of thiazole rings is 1. The first-order valence-electron chi connectivity index (χ1n) is 10.9. The molecule has 17 heteroatoms. The largest absolute Gasteiger partial charge is 0.370 e. The van der Waals surface area contributed by atoms with Crippen LogP contribution in [0, 0.1) is 0 Å². The molecule has 0 unspecified atom stereocenters. The number of hydrogen-bond donors (Lipinski definition) is 4. The number of benzene rings is 1. The molecule has 0 amide bonds. The first-order chi connectivity index (χ1) is 18.0. The number of nitrogens with zero attached hydrogens (tertiary/aromatic N) is 5. The van der Waals surface area contributed by atoms with Crippen LogP contribution in [0.25, 0.3) is 0 Å². The summed E-state index contributed by atoms with van der Waals surface area (Å²) in [6.45, 7) is 0.411. The molecule has 6 N–H and O–H groups in total. The minimum atomic E-state index is -4.13. The lowest BCUT2D eigenvalue weighted by atomic mass is 10.4. The predicted molar refractivity (Wildman–Crippen MR) is 152 cm³/mol. The van der Waals surface area contributed by atoms with Crippen molar-refractivity contribution in [2.45, 2.75) is 15.5 Å². The summed E-state index contributed by atoms with van der Waals surface area (Å²) in [6, 6.07) is 9.92. The van der Waals surface area contributed by atoms with Crippen LogP contribution in [-0.4, -0.2) is 65.1 Å². The van der Waals surface area contributed by atoms with Crippen molar-refractivity contribution in [1.82, 2.24) is 20.0 Å². The van der Waals surface area contributed by atoms with Crippen LogP contribution in [0.15, 0.2) is 73.8 Å². The molecule has 0 fully saturated rings. The van der Waals surface area contributed by atoms with Gasteiger partial charge < -0.3 is 16.8 Å². The van der Waals surface area contributed by atoms with E-state index in [-0.39, 0.29) is 27.5 Å². The quantitative estimate of drug-likeness (QED) is 0.141. The topological polar surface area (TPSA) is 198 Å². The lowest BCUT2D eigenvalue weighted by Gasteiger charge is -2.19. The van der Waals surface area contributed by atoms with Gasteiger partial charge in [-0.05, 0) is 30.3 Å². The van der Waals surface area contributed by atoms with E-state index in [1.54, 1.807) is 23.9 Å². The van der Waals surface area contributed by atoms with Crippen molar-refractivity contribution in [1.29, 1.82) is 0 Å². The van der Waals surface area contributed by atoms with Crippen molar-refractivity contribution in [3.8, 4) is 0 Å². The summed E-state index contributed by atoms with van der Waals surface area (Å²) >= 11 is 2.90. The molecule has 3 aromatic rings. The molecule has 13 nitrogen and oxygen atoms in total. The van der Waals surface area contributed by atoms with E-state index in [1.807, 2.05) is 5.38 Å². The Kier molecular flexibility index (Phi) is 9.90. The second-order valence-corrected chi connectivity index (χ2v) is 13.0. The monoisotopic (exact) mass is 597 g/mol. The van der Waals surface area contributed by atoms with E-state index in [2.05, 4.69) is 30.0 Å². The van der Waals surface area contributed by atoms with Crippen LogP contribution in [0.5, 0.6) is 0 Å².